The van der Waals surface area contributed by atoms with Gasteiger partial charge in [0.2, 0.25) is 0 Å². The summed E-state index contributed by atoms with van der Waals surface area (Å²) in [7, 11) is 1.61. The van der Waals surface area contributed by atoms with Crippen LogP contribution in [-0.2, 0) is 4.79 Å². The van der Waals surface area contributed by atoms with Crippen LogP contribution in [-0.4, -0.2) is 29.6 Å². The van der Waals surface area contributed by atoms with Crippen molar-refractivity contribution in [1.29, 1.82) is 0 Å². The highest BCUT2D eigenvalue weighted by Gasteiger charge is 2.51. The number of aryl methyl sites for hydroxylation is 1. The molecule has 1 aliphatic carbocycles. The minimum Gasteiger partial charge on any atom is -0.497 e. The highest BCUT2D eigenvalue weighted by Crippen LogP contribution is 2.37. The zero-order valence-electron chi connectivity index (χ0n) is 12.9. The summed E-state index contributed by atoms with van der Waals surface area (Å²) >= 11 is 1.37. The molecule has 0 saturated heterocycles. The van der Waals surface area contributed by atoms with Crippen LogP contribution in [0.25, 0.3) is 11.1 Å². The minimum atomic E-state index is -1.06. The molecule has 1 saturated carbocycles. The number of amides is 1. The molecule has 1 fully saturated rings. The van der Waals surface area contributed by atoms with Crippen molar-refractivity contribution in [2.45, 2.75) is 25.3 Å². The lowest BCUT2D eigenvalue weighted by molar-refractivity contribution is -0.140. The molecule has 1 aromatic heterocycles. The number of thiophene rings is 1. The first kappa shape index (κ1) is 15.6. The van der Waals surface area contributed by atoms with Gasteiger partial charge in [-0.1, -0.05) is 12.1 Å². The molecule has 1 aromatic carbocycles. The fourth-order valence-electron chi connectivity index (χ4n) is 2.45. The van der Waals surface area contributed by atoms with E-state index < -0.39 is 11.5 Å². The van der Waals surface area contributed by atoms with E-state index in [0.29, 0.717) is 17.7 Å². The molecule has 0 bridgehead atoms. The molecule has 1 heterocycles. The van der Waals surface area contributed by atoms with Crippen LogP contribution in [0.1, 0.15) is 27.4 Å². The molecule has 3 rings (SSSR count). The third kappa shape index (κ3) is 2.94. The van der Waals surface area contributed by atoms with Crippen molar-refractivity contribution < 1.29 is 19.4 Å². The van der Waals surface area contributed by atoms with E-state index in [1.165, 1.54) is 11.3 Å². The van der Waals surface area contributed by atoms with Crippen LogP contribution in [0.3, 0.4) is 0 Å². The van der Waals surface area contributed by atoms with E-state index in [1.807, 2.05) is 37.3 Å². The lowest BCUT2D eigenvalue weighted by Gasteiger charge is -2.10. The first-order chi connectivity index (χ1) is 10.9. The van der Waals surface area contributed by atoms with Crippen molar-refractivity contribution >= 4 is 23.2 Å². The third-order valence-electron chi connectivity index (χ3n) is 4.05. The van der Waals surface area contributed by atoms with Gasteiger partial charge in [0, 0.05) is 4.88 Å². The molecule has 0 radical (unpaired) electrons. The number of carboxylic acid groups (broad SMARTS) is 1. The van der Waals surface area contributed by atoms with Gasteiger partial charge in [0.15, 0.2) is 0 Å². The van der Waals surface area contributed by atoms with Gasteiger partial charge in [-0.25, -0.2) is 4.79 Å². The Kier molecular flexibility index (Phi) is 3.85. The molecule has 0 atom stereocenters. The maximum absolute atomic E-state index is 12.3. The van der Waals surface area contributed by atoms with E-state index in [9.17, 15) is 9.59 Å². The average molecular weight is 331 g/mol. The predicted molar refractivity (Wildman–Crippen MR) is 88.1 cm³/mol. The van der Waals surface area contributed by atoms with Crippen molar-refractivity contribution in [2.24, 2.45) is 0 Å². The number of hydrogen-bond acceptors (Lipinski definition) is 4. The maximum Gasteiger partial charge on any atom is 0.329 e. The van der Waals surface area contributed by atoms with Crippen molar-refractivity contribution in [3.8, 4) is 16.9 Å². The first-order valence-electron chi connectivity index (χ1n) is 7.26. The van der Waals surface area contributed by atoms with Gasteiger partial charge in [0.05, 0.1) is 12.0 Å². The number of benzene rings is 1. The summed E-state index contributed by atoms with van der Waals surface area (Å²) in [4.78, 5) is 25.0. The number of methoxy groups -OCH3 is 1. The summed E-state index contributed by atoms with van der Waals surface area (Å²) in [5, 5.41) is 11.8. The first-order valence-corrected chi connectivity index (χ1v) is 8.07. The Morgan fingerprint density at radius 3 is 2.43 bits per heavy atom. The maximum atomic E-state index is 12.3. The Labute approximate surface area is 137 Å². The second-order valence-electron chi connectivity index (χ2n) is 5.65. The number of carboxylic acids is 1. The number of ether oxygens (including phenoxy) is 1. The fraction of sp³-hybridized carbons (Fsp3) is 0.294. The van der Waals surface area contributed by atoms with E-state index in [2.05, 4.69) is 5.32 Å². The standard InChI is InChI=1S/C17H17NO4S/c1-10-13(11-3-5-12(22-2)6-4-11)9-14(23-10)15(19)18-17(7-8-17)16(20)21/h3-6,9H,7-8H2,1-2H3,(H,18,19)(H,20,21). The Hall–Kier alpha value is -2.34. The number of aliphatic carboxylic acids is 1. The normalized spacial score (nSPS) is 15.0. The van der Waals surface area contributed by atoms with Crippen molar-refractivity contribution in [3.63, 3.8) is 0 Å². The smallest absolute Gasteiger partial charge is 0.329 e. The van der Waals surface area contributed by atoms with Crippen LogP contribution in [0.2, 0.25) is 0 Å². The van der Waals surface area contributed by atoms with Crippen LogP contribution in [0.4, 0.5) is 0 Å². The Morgan fingerprint density at radius 1 is 1.26 bits per heavy atom. The highest BCUT2D eigenvalue weighted by molar-refractivity contribution is 7.14. The molecule has 2 N–H and O–H groups in total. The van der Waals surface area contributed by atoms with Crippen LogP contribution in [0.5, 0.6) is 5.75 Å². The topological polar surface area (TPSA) is 75.6 Å². The van der Waals surface area contributed by atoms with E-state index in [4.69, 9.17) is 9.84 Å². The van der Waals surface area contributed by atoms with E-state index in [0.717, 1.165) is 21.8 Å². The van der Waals surface area contributed by atoms with E-state index in [-0.39, 0.29) is 5.91 Å². The monoisotopic (exact) mass is 331 g/mol. The summed E-state index contributed by atoms with van der Waals surface area (Å²) in [6.45, 7) is 1.95. The molecule has 23 heavy (non-hydrogen) atoms. The van der Waals surface area contributed by atoms with Gasteiger partial charge in [-0.15, -0.1) is 11.3 Å². The molecule has 1 amide bonds. The van der Waals surface area contributed by atoms with Gasteiger partial charge < -0.3 is 15.2 Å². The van der Waals surface area contributed by atoms with Gasteiger partial charge in [0.25, 0.3) is 5.91 Å². The van der Waals surface area contributed by atoms with Gasteiger partial charge in [-0.2, -0.15) is 0 Å². The molecular weight excluding hydrogens is 314 g/mol. The quantitative estimate of drug-likeness (QED) is 0.883. The average Bonchev–Trinajstić information content (AvgIpc) is 3.22. The summed E-state index contributed by atoms with van der Waals surface area (Å²) in [6, 6.07) is 9.44. The molecule has 0 spiro atoms. The summed E-state index contributed by atoms with van der Waals surface area (Å²) in [6.07, 6.45) is 0.980. The Balaban J connectivity index is 1.82. The second kappa shape index (κ2) is 5.70. The molecule has 2 aromatic rings. The molecule has 0 unspecified atom stereocenters. The minimum absolute atomic E-state index is 0.322. The fourth-order valence-corrected chi connectivity index (χ4v) is 3.38. The van der Waals surface area contributed by atoms with Crippen molar-refractivity contribution in [1.82, 2.24) is 5.32 Å². The number of nitrogens with one attached hydrogen (secondary N) is 1. The van der Waals surface area contributed by atoms with Gasteiger partial charge in [0.1, 0.15) is 11.3 Å². The largest absolute Gasteiger partial charge is 0.497 e. The SMILES string of the molecule is COc1ccc(-c2cc(C(=O)NC3(C(=O)O)CC3)sc2C)cc1. The molecular formula is C17H17NO4S. The molecule has 6 heteroatoms. The van der Waals surface area contributed by atoms with Crippen LogP contribution in [0.15, 0.2) is 30.3 Å². The summed E-state index contributed by atoms with van der Waals surface area (Å²) in [5.41, 5.74) is 0.913. The van der Waals surface area contributed by atoms with E-state index in [1.54, 1.807) is 7.11 Å². The van der Waals surface area contributed by atoms with Crippen molar-refractivity contribution in [2.75, 3.05) is 7.11 Å². The molecule has 0 aliphatic heterocycles. The van der Waals surface area contributed by atoms with Crippen LogP contribution in [0, 0.1) is 6.92 Å². The highest BCUT2D eigenvalue weighted by atomic mass is 32.1. The predicted octanol–water partition coefficient (Wildman–Crippen LogP) is 3.08. The molecule has 120 valence electrons. The summed E-state index contributed by atoms with van der Waals surface area (Å²) < 4.78 is 5.15. The lowest BCUT2D eigenvalue weighted by atomic mass is 10.1. The molecule has 5 nitrogen and oxygen atoms in total. The molecule has 1 aliphatic rings. The zero-order valence-corrected chi connectivity index (χ0v) is 13.7. The summed E-state index contributed by atoms with van der Waals surface area (Å²) in [5.74, 6) is -0.510. The number of rotatable bonds is 5. The van der Waals surface area contributed by atoms with Crippen LogP contribution < -0.4 is 10.1 Å². The lowest BCUT2D eigenvalue weighted by Crippen LogP contribution is -2.42. The zero-order chi connectivity index (χ0) is 16.6. The number of carbonyl (C=O) groups is 2. The number of carbonyl (C=O) groups excluding carboxylic acids is 1. The van der Waals surface area contributed by atoms with Gasteiger partial charge in [-0.3, -0.25) is 4.79 Å². The number of hydrogen-bond donors (Lipinski definition) is 2. The van der Waals surface area contributed by atoms with Gasteiger partial charge in [-0.05, 0) is 49.1 Å². The van der Waals surface area contributed by atoms with Crippen molar-refractivity contribution in [3.05, 3.63) is 40.1 Å². The van der Waals surface area contributed by atoms with Crippen LogP contribution >= 0.6 is 11.3 Å². The third-order valence-corrected chi connectivity index (χ3v) is 5.10. The second-order valence-corrected chi connectivity index (χ2v) is 6.91. The Morgan fingerprint density at radius 2 is 1.91 bits per heavy atom. The van der Waals surface area contributed by atoms with Gasteiger partial charge >= 0.3 is 5.97 Å². The Bertz CT molecular complexity index is 759. The van der Waals surface area contributed by atoms with E-state index >= 15 is 0 Å².